The number of rotatable bonds is 2. The molecule has 20 heavy (non-hydrogen) atoms. The smallest absolute Gasteiger partial charge is 0.257 e. The van der Waals surface area contributed by atoms with Crippen LogP contribution in [-0.4, -0.2) is 30.1 Å². The van der Waals surface area contributed by atoms with E-state index in [-0.39, 0.29) is 18.0 Å². The number of aliphatic hydroxyl groups excluding tert-OH is 1. The Labute approximate surface area is 119 Å². The summed E-state index contributed by atoms with van der Waals surface area (Å²) in [5, 5.41) is 12.8. The van der Waals surface area contributed by atoms with Gasteiger partial charge in [0.2, 0.25) is 0 Å². The Morgan fingerprint density at radius 3 is 2.90 bits per heavy atom. The lowest BCUT2D eigenvalue weighted by molar-refractivity contribution is -0.856. The van der Waals surface area contributed by atoms with E-state index in [9.17, 15) is 9.90 Å². The molecule has 4 heteroatoms. The van der Waals surface area contributed by atoms with Crippen LogP contribution in [-0.2, 0) is 4.79 Å². The number of aliphatic hydroxyl groups is 1. The van der Waals surface area contributed by atoms with Crippen LogP contribution in [0.15, 0.2) is 46.9 Å². The first-order valence-corrected chi connectivity index (χ1v) is 7.22. The maximum Gasteiger partial charge on any atom is 0.257 e. The second-order valence-electron chi connectivity index (χ2n) is 5.89. The minimum absolute atomic E-state index is 0.0303. The minimum atomic E-state index is 0.0303. The highest BCUT2D eigenvalue weighted by atomic mass is 16.3. The predicted octanol–water partition coefficient (Wildman–Crippen LogP) is 0.620. The first-order valence-electron chi connectivity index (χ1n) is 7.22. The monoisotopic (exact) mass is 273 g/mol. The summed E-state index contributed by atoms with van der Waals surface area (Å²) >= 11 is 0. The fourth-order valence-electron chi connectivity index (χ4n) is 3.30. The van der Waals surface area contributed by atoms with Gasteiger partial charge in [0.15, 0.2) is 0 Å². The zero-order valence-electron chi connectivity index (χ0n) is 12.1. The molecule has 106 valence electrons. The summed E-state index contributed by atoms with van der Waals surface area (Å²) in [4.78, 5) is 13.4. The Hall–Kier alpha value is -1.81. The Bertz CT molecular complexity index is 583. The Morgan fingerprint density at radius 1 is 1.45 bits per heavy atom. The molecule has 2 heterocycles. The van der Waals surface area contributed by atoms with Gasteiger partial charge in [-0.1, -0.05) is 20.3 Å². The molecule has 2 aliphatic heterocycles. The van der Waals surface area contributed by atoms with E-state index >= 15 is 0 Å². The summed E-state index contributed by atoms with van der Waals surface area (Å²) in [6.07, 6.45) is 8.44. The minimum Gasteiger partial charge on any atom is -0.508 e. The van der Waals surface area contributed by atoms with Crippen LogP contribution in [0.4, 0.5) is 0 Å². The van der Waals surface area contributed by atoms with Gasteiger partial charge < -0.3 is 10.4 Å². The van der Waals surface area contributed by atoms with Crippen LogP contribution in [0.1, 0.15) is 20.3 Å². The van der Waals surface area contributed by atoms with Crippen molar-refractivity contribution in [2.24, 2.45) is 5.92 Å². The second-order valence-corrected chi connectivity index (χ2v) is 5.89. The Kier molecular flexibility index (Phi) is 3.05. The molecule has 4 nitrogen and oxygen atoms in total. The SMILES string of the molecule is CC[C@@H](C)[C@@H]1NC(=O)C2=C1[NH+](C)C1C=C(O)C=CC1=C2. The maximum atomic E-state index is 12.2. The fraction of sp³-hybridized carbons (Fsp3) is 0.438. The van der Waals surface area contributed by atoms with Gasteiger partial charge in [-0.25, -0.2) is 0 Å². The number of allylic oxidation sites excluding steroid dienone is 1. The summed E-state index contributed by atoms with van der Waals surface area (Å²) in [7, 11) is 2.08. The number of nitrogens with one attached hydrogen (secondary N) is 2. The van der Waals surface area contributed by atoms with Crippen molar-refractivity contribution in [1.29, 1.82) is 0 Å². The first-order chi connectivity index (χ1) is 9.52. The van der Waals surface area contributed by atoms with E-state index in [1.165, 1.54) is 4.90 Å². The highest BCUT2D eigenvalue weighted by Gasteiger charge is 2.44. The fourth-order valence-corrected chi connectivity index (χ4v) is 3.30. The van der Waals surface area contributed by atoms with E-state index in [4.69, 9.17) is 0 Å². The zero-order valence-corrected chi connectivity index (χ0v) is 12.1. The van der Waals surface area contributed by atoms with Crippen LogP contribution in [0.5, 0.6) is 0 Å². The quantitative estimate of drug-likeness (QED) is 0.691. The normalized spacial score (nSPS) is 33.1. The van der Waals surface area contributed by atoms with Gasteiger partial charge in [-0.05, 0) is 24.1 Å². The molecule has 0 spiro atoms. The molecular weight excluding hydrogens is 252 g/mol. The molecule has 0 aromatic carbocycles. The lowest BCUT2D eigenvalue weighted by Gasteiger charge is -2.32. The number of fused-ring (bicyclic) bond motifs is 1. The molecule has 1 amide bonds. The zero-order chi connectivity index (χ0) is 14.4. The molecule has 0 saturated carbocycles. The number of hydrogen-bond acceptors (Lipinski definition) is 2. The molecule has 0 bridgehead atoms. The van der Waals surface area contributed by atoms with Crippen molar-refractivity contribution >= 4 is 5.91 Å². The summed E-state index contributed by atoms with van der Waals surface area (Å²) in [6.45, 7) is 4.31. The summed E-state index contributed by atoms with van der Waals surface area (Å²) in [5.41, 5.74) is 3.02. The van der Waals surface area contributed by atoms with Crippen LogP contribution in [0.25, 0.3) is 0 Å². The lowest BCUT2D eigenvalue weighted by atomic mass is 9.88. The van der Waals surface area contributed by atoms with E-state index in [0.717, 1.165) is 23.3 Å². The van der Waals surface area contributed by atoms with Crippen LogP contribution >= 0.6 is 0 Å². The van der Waals surface area contributed by atoms with Crippen LogP contribution in [0, 0.1) is 5.92 Å². The third-order valence-electron chi connectivity index (χ3n) is 4.69. The van der Waals surface area contributed by atoms with Crippen molar-refractivity contribution in [3.05, 3.63) is 46.9 Å². The molecule has 3 N–H and O–H groups in total. The van der Waals surface area contributed by atoms with E-state index in [0.29, 0.717) is 11.7 Å². The first kappa shape index (κ1) is 13.2. The van der Waals surface area contributed by atoms with Gasteiger partial charge in [0.1, 0.15) is 23.5 Å². The maximum absolute atomic E-state index is 12.2. The average Bonchev–Trinajstić information content (AvgIpc) is 2.77. The van der Waals surface area contributed by atoms with Crippen LogP contribution < -0.4 is 10.2 Å². The number of hydrogen-bond donors (Lipinski definition) is 3. The van der Waals surface area contributed by atoms with Gasteiger partial charge in [-0.15, -0.1) is 0 Å². The molecule has 0 aromatic rings. The van der Waals surface area contributed by atoms with Gasteiger partial charge in [-0.3, -0.25) is 9.69 Å². The third-order valence-corrected chi connectivity index (χ3v) is 4.69. The summed E-state index contributed by atoms with van der Waals surface area (Å²) < 4.78 is 0. The number of carbonyl (C=O) groups excluding carboxylic acids is 1. The van der Waals surface area contributed by atoms with Crippen molar-refractivity contribution < 1.29 is 14.8 Å². The molecule has 0 saturated heterocycles. The standard InChI is InChI=1S/C16H20N2O2/c1-4-9(2)14-15-12(16(20)17-14)7-10-5-6-11(19)8-13(10)18(15)3/h5-9,13-14,19H,4H2,1-3H3,(H,17,20)/p+1/t9-,13?,14+/m1/s1. The molecule has 2 unspecified atom stereocenters. The Morgan fingerprint density at radius 2 is 2.20 bits per heavy atom. The molecule has 4 atom stereocenters. The van der Waals surface area contributed by atoms with Crippen molar-refractivity contribution in [3.8, 4) is 0 Å². The van der Waals surface area contributed by atoms with Crippen LogP contribution in [0.2, 0.25) is 0 Å². The van der Waals surface area contributed by atoms with E-state index in [2.05, 4.69) is 26.2 Å². The molecule has 1 aliphatic carbocycles. The van der Waals surface area contributed by atoms with Crippen LogP contribution in [0.3, 0.4) is 0 Å². The van der Waals surface area contributed by atoms with Crippen molar-refractivity contribution in [3.63, 3.8) is 0 Å². The van der Waals surface area contributed by atoms with E-state index in [1.807, 2.05) is 18.2 Å². The van der Waals surface area contributed by atoms with Crippen molar-refractivity contribution in [2.45, 2.75) is 32.4 Å². The highest BCUT2D eigenvalue weighted by Crippen LogP contribution is 2.28. The average molecular weight is 273 g/mol. The van der Waals surface area contributed by atoms with Gasteiger partial charge in [-0.2, -0.15) is 0 Å². The summed E-state index contributed by atoms with van der Waals surface area (Å²) in [5.74, 6) is 0.740. The number of likely N-dealkylation sites (N-methyl/N-ethyl adjacent to an activating group) is 1. The number of quaternary nitrogens is 1. The van der Waals surface area contributed by atoms with Crippen molar-refractivity contribution in [2.75, 3.05) is 7.05 Å². The molecule has 3 aliphatic rings. The predicted molar refractivity (Wildman–Crippen MR) is 77.0 cm³/mol. The topological polar surface area (TPSA) is 53.8 Å². The highest BCUT2D eigenvalue weighted by molar-refractivity contribution is 6.00. The van der Waals surface area contributed by atoms with Crippen molar-refractivity contribution in [1.82, 2.24) is 5.32 Å². The molecule has 0 fully saturated rings. The van der Waals surface area contributed by atoms with E-state index in [1.54, 1.807) is 6.08 Å². The molecule has 0 radical (unpaired) electrons. The number of carbonyl (C=O) groups is 1. The van der Waals surface area contributed by atoms with Gasteiger partial charge in [0, 0.05) is 11.6 Å². The largest absolute Gasteiger partial charge is 0.508 e. The second kappa shape index (κ2) is 4.63. The van der Waals surface area contributed by atoms with E-state index < -0.39 is 0 Å². The lowest BCUT2D eigenvalue weighted by Crippen LogP contribution is -3.12. The number of amides is 1. The van der Waals surface area contributed by atoms with Gasteiger partial charge >= 0.3 is 0 Å². The molecular formula is C16H21N2O2+. The van der Waals surface area contributed by atoms with Gasteiger partial charge in [0.25, 0.3) is 5.91 Å². The Balaban J connectivity index is 2.05. The third kappa shape index (κ3) is 1.83. The summed E-state index contributed by atoms with van der Waals surface area (Å²) in [6, 6.07) is 0.194. The molecule has 0 aromatic heterocycles. The van der Waals surface area contributed by atoms with Gasteiger partial charge in [0.05, 0.1) is 12.6 Å². The molecule has 3 rings (SSSR count).